The average Bonchev–Trinajstić information content (AvgIpc) is 2.89. The van der Waals surface area contributed by atoms with E-state index in [2.05, 4.69) is 21.0 Å². The Morgan fingerprint density at radius 3 is 2.57 bits per heavy atom. The van der Waals surface area contributed by atoms with E-state index in [9.17, 15) is 13.2 Å². The summed E-state index contributed by atoms with van der Waals surface area (Å²) in [4.78, 5) is 0. The normalized spacial score (nSPS) is 12.0. The summed E-state index contributed by atoms with van der Waals surface area (Å²) in [5, 5.41) is 5.27. The topological polar surface area (TPSA) is 17.8 Å². The number of rotatable bonds is 2. The van der Waals surface area contributed by atoms with E-state index in [1.807, 2.05) is 12.1 Å². The molecule has 0 N–H and O–H groups in total. The van der Waals surface area contributed by atoms with Crippen LogP contribution in [0.2, 0.25) is 0 Å². The van der Waals surface area contributed by atoms with Crippen molar-refractivity contribution in [1.82, 2.24) is 9.78 Å². The Hall–Kier alpha value is -1.82. The van der Waals surface area contributed by atoms with Gasteiger partial charge in [-0.2, -0.15) is 18.3 Å². The Balaban J connectivity index is 2.27. The molecule has 0 aliphatic carbocycles. The third-order valence-corrected chi connectivity index (χ3v) is 3.87. The molecule has 0 saturated heterocycles. The van der Waals surface area contributed by atoms with Gasteiger partial charge in [-0.05, 0) is 23.8 Å². The van der Waals surface area contributed by atoms with Crippen LogP contribution < -0.4 is 0 Å². The summed E-state index contributed by atoms with van der Waals surface area (Å²) in [5.74, 6) is 0. The van der Waals surface area contributed by atoms with Gasteiger partial charge in [0.2, 0.25) is 0 Å². The van der Waals surface area contributed by atoms with Gasteiger partial charge in [0.1, 0.15) is 0 Å². The minimum absolute atomic E-state index is 0.0356. The molecule has 0 unspecified atom stereocenters. The van der Waals surface area contributed by atoms with E-state index >= 15 is 0 Å². The third-order valence-electron chi connectivity index (χ3n) is 3.23. The van der Waals surface area contributed by atoms with Gasteiger partial charge in [0.25, 0.3) is 0 Å². The molecule has 1 heterocycles. The van der Waals surface area contributed by atoms with Crippen molar-refractivity contribution < 1.29 is 13.2 Å². The first-order valence-electron chi connectivity index (χ1n) is 6.20. The number of hydrogen-bond acceptors (Lipinski definition) is 1. The van der Waals surface area contributed by atoms with Crippen molar-refractivity contribution in [3.63, 3.8) is 0 Å². The van der Waals surface area contributed by atoms with Gasteiger partial charge >= 0.3 is 6.18 Å². The lowest BCUT2D eigenvalue weighted by Gasteiger charge is -2.14. The smallest absolute Gasteiger partial charge is 0.232 e. The van der Waals surface area contributed by atoms with Gasteiger partial charge in [0.15, 0.2) is 0 Å². The molecule has 3 aromatic rings. The van der Waals surface area contributed by atoms with Crippen LogP contribution in [-0.2, 0) is 11.5 Å². The molecule has 0 aliphatic heterocycles. The SMILES string of the molecule is FC(F)(F)c1cc(CBr)ccc1-n1ncc2ccccc21. The van der Waals surface area contributed by atoms with Gasteiger partial charge in [0, 0.05) is 10.7 Å². The lowest BCUT2D eigenvalue weighted by molar-refractivity contribution is -0.137. The first-order valence-corrected chi connectivity index (χ1v) is 7.32. The second kappa shape index (κ2) is 5.18. The van der Waals surface area contributed by atoms with Crippen LogP contribution in [0.15, 0.2) is 48.7 Å². The summed E-state index contributed by atoms with van der Waals surface area (Å²) >= 11 is 3.18. The Bertz CT molecular complexity index is 793. The minimum Gasteiger partial charge on any atom is -0.232 e. The van der Waals surface area contributed by atoms with E-state index in [1.54, 1.807) is 24.4 Å². The van der Waals surface area contributed by atoms with Gasteiger partial charge in [-0.25, -0.2) is 4.68 Å². The van der Waals surface area contributed by atoms with E-state index in [1.165, 1.54) is 10.7 Å². The Morgan fingerprint density at radius 1 is 1.10 bits per heavy atom. The first kappa shape index (κ1) is 14.1. The van der Waals surface area contributed by atoms with Crippen LogP contribution in [0.3, 0.4) is 0 Å². The number of benzene rings is 2. The summed E-state index contributed by atoms with van der Waals surface area (Å²) in [6.07, 6.45) is -2.87. The van der Waals surface area contributed by atoms with Crippen LogP contribution >= 0.6 is 15.9 Å². The highest BCUT2D eigenvalue weighted by Gasteiger charge is 2.34. The van der Waals surface area contributed by atoms with Crippen LogP contribution in [0, 0.1) is 0 Å². The molecule has 0 fully saturated rings. The molecule has 2 aromatic carbocycles. The van der Waals surface area contributed by atoms with Crippen molar-refractivity contribution in [3.05, 3.63) is 59.8 Å². The molecule has 0 aliphatic rings. The predicted octanol–water partition coefficient (Wildman–Crippen LogP) is 4.94. The van der Waals surface area contributed by atoms with E-state index < -0.39 is 11.7 Å². The second-order valence-electron chi connectivity index (χ2n) is 4.60. The number of halogens is 4. The van der Waals surface area contributed by atoms with Gasteiger partial charge in [-0.15, -0.1) is 0 Å². The fourth-order valence-electron chi connectivity index (χ4n) is 2.24. The Labute approximate surface area is 127 Å². The molecule has 0 atom stereocenters. The standard InChI is InChI=1S/C15H10BrF3N2/c16-8-10-5-6-14(12(7-10)15(17,18)19)21-13-4-2-1-3-11(13)9-20-21/h1-7,9H,8H2. The van der Waals surface area contributed by atoms with Gasteiger partial charge < -0.3 is 0 Å². The molecule has 0 radical (unpaired) electrons. The van der Waals surface area contributed by atoms with Crippen molar-refractivity contribution in [2.45, 2.75) is 11.5 Å². The zero-order chi connectivity index (χ0) is 15.0. The number of aromatic nitrogens is 2. The van der Waals surface area contributed by atoms with Gasteiger partial charge in [-0.3, -0.25) is 0 Å². The summed E-state index contributed by atoms with van der Waals surface area (Å²) in [6.45, 7) is 0. The Kier molecular flexibility index (Phi) is 3.49. The maximum absolute atomic E-state index is 13.3. The molecule has 2 nitrogen and oxygen atoms in total. The van der Waals surface area contributed by atoms with Gasteiger partial charge in [-0.1, -0.05) is 40.2 Å². The zero-order valence-electron chi connectivity index (χ0n) is 10.7. The highest BCUT2D eigenvalue weighted by atomic mass is 79.9. The molecular weight excluding hydrogens is 345 g/mol. The summed E-state index contributed by atoms with van der Waals surface area (Å²) in [5.41, 5.74) is 0.568. The highest BCUT2D eigenvalue weighted by Crippen LogP contribution is 2.35. The van der Waals surface area contributed by atoms with Crippen LogP contribution in [0.5, 0.6) is 0 Å². The number of hydrogen-bond donors (Lipinski definition) is 0. The lowest BCUT2D eigenvalue weighted by Crippen LogP contribution is -2.12. The largest absolute Gasteiger partial charge is 0.418 e. The monoisotopic (exact) mass is 354 g/mol. The van der Waals surface area contributed by atoms with Crippen LogP contribution in [-0.4, -0.2) is 9.78 Å². The van der Waals surface area contributed by atoms with E-state index in [-0.39, 0.29) is 5.69 Å². The van der Waals surface area contributed by atoms with Crippen molar-refractivity contribution in [3.8, 4) is 5.69 Å². The quantitative estimate of drug-likeness (QED) is 0.596. The zero-order valence-corrected chi connectivity index (χ0v) is 12.3. The third kappa shape index (κ3) is 2.55. The molecule has 0 saturated carbocycles. The molecular formula is C15H10BrF3N2. The fraction of sp³-hybridized carbons (Fsp3) is 0.133. The summed E-state index contributed by atoms with van der Waals surface area (Å²) in [7, 11) is 0. The van der Waals surface area contributed by atoms with E-state index in [0.29, 0.717) is 16.4 Å². The molecule has 1 aromatic heterocycles. The van der Waals surface area contributed by atoms with Crippen molar-refractivity contribution >= 4 is 26.8 Å². The van der Waals surface area contributed by atoms with Crippen LogP contribution in [0.4, 0.5) is 13.2 Å². The maximum atomic E-state index is 13.3. The first-order chi connectivity index (χ1) is 10.0. The van der Waals surface area contributed by atoms with E-state index in [4.69, 9.17) is 0 Å². The molecule has 0 spiro atoms. The van der Waals surface area contributed by atoms with Crippen molar-refractivity contribution in [2.24, 2.45) is 0 Å². The molecule has 0 bridgehead atoms. The number of nitrogens with zero attached hydrogens (tertiary/aromatic N) is 2. The van der Waals surface area contributed by atoms with Gasteiger partial charge in [0.05, 0.1) is 23.0 Å². The summed E-state index contributed by atoms with van der Waals surface area (Å²) in [6, 6.07) is 11.4. The van der Waals surface area contributed by atoms with Crippen LogP contribution in [0.1, 0.15) is 11.1 Å². The Morgan fingerprint density at radius 2 is 1.86 bits per heavy atom. The number of fused-ring (bicyclic) bond motifs is 1. The average molecular weight is 355 g/mol. The van der Waals surface area contributed by atoms with Crippen molar-refractivity contribution in [2.75, 3.05) is 0 Å². The number of alkyl halides is 4. The van der Waals surface area contributed by atoms with Crippen LogP contribution in [0.25, 0.3) is 16.6 Å². The van der Waals surface area contributed by atoms with Crippen molar-refractivity contribution in [1.29, 1.82) is 0 Å². The predicted molar refractivity (Wildman–Crippen MR) is 78.7 cm³/mol. The molecule has 3 rings (SSSR count). The fourth-order valence-corrected chi connectivity index (χ4v) is 2.59. The molecule has 108 valence electrons. The second-order valence-corrected chi connectivity index (χ2v) is 5.16. The minimum atomic E-state index is -4.43. The van der Waals surface area contributed by atoms with E-state index in [0.717, 1.165) is 11.5 Å². The lowest BCUT2D eigenvalue weighted by atomic mass is 10.1. The maximum Gasteiger partial charge on any atom is 0.418 e. The number of para-hydroxylation sites is 1. The molecule has 0 amide bonds. The molecule has 21 heavy (non-hydrogen) atoms. The highest BCUT2D eigenvalue weighted by molar-refractivity contribution is 9.08. The summed E-state index contributed by atoms with van der Waals surface area (Å²) < 4.78 is 41.2. The molecule has 6 heteroatoms.